The molecule has 2 aromatic heterocycles. The van der Waals surface area contributed by atoms with Crippen molar-refractivity contribution in [1.29, 1.82) is 0 Å². The highest BCUT2D eigenvalue weighted by molar-refractivity contribution is 7.21. The summed E-state index contributed by atoms with van der Waals surface area (Å²) in [6, 6.07) is 6.32. The van der Waals surface area contributed by atoms with E-state index in [1.165, 1.54) is 42.7 Å². The van der Waals surface area contributed by atoms with E-state index in [1.807, 2.05) is 24.0 Å². The number of nitrogens with two attached hydrogens (primary N) is 1. The Morgan fingerprint density at radius 1 is 1.24 bits per heavy atom. The van der Waals surface area contributed by atoms with E-state index in [9.17, 15) is 9.18 Å². The molecule has 2 unspecified atom stereocenters. The molecule has 1 aromatic carbocycles. The van der Waals surface area contributed by atoms with Crippen molar-refractivity contribution in [2.24, 2.45) is 11.8 Å². The zero-order chi connectivity index (χ0) is 23.3. The lowest BCUT2D eigenvalue weighted by atomic mass is 9.96. The molecule has 3 aromatic rings. The predicted molar refractivity (Wildman–Crippen MR) is 129 cm³/mol. The molecule has 1 amide bonds. The molecule has 8 heteroatoms. The Morgan fingerprint density at radius 3 is 2.70 bits per heavy atom. The third kappa shape index (κ3) is 4.16. The molecule has 2 fully saturated rings. The van der Waals surface area contributed by atoms with E-state index >= 15 is 4.39 Å². The molecule has 1 aliphatic carbocycles. The number of aryl methyl sites for hydroxylation is 1. The standard InChI is InChI=1S/C25H28F2N4OS/c1-13(10-29-24(32)23-22(28)17-6-3-14(2)30-25(17)33-23)18-8-20(27)21(9-19(18)26)31-11-15-4-5-16(7-15)12-31/h3,6,8-9,13,15-16H,4-5,7,10-12,28H2,1-2H3,(H,29,32)/t13-,15?,16?/m0/s1. The number of benzene rings is 1. The van der Waals surface area contributed by atoms with Crippen molar-refractivity contribution >= 4 is 38.8 Å². The molecule has 3 heterocycles. The summed E-state index contributed by atoms with van der Waals surface area (Å²) in [5.74, 6) is -0.401. The number of nitrogen functional groups attached to an aromatic ring is 1. The number of pyridine rings is 1. The number of nitrogens with one attached hydrogen (secondary N) is 1. The van der Waals surface area contributed by atoms with Crippen LogP contribution < -0.4 is 16.0 Å². The highest BCUT2D eigenvalue weighted by Gasteiger charge is 2.34. The average molecular weight is 471 g/mol. The normalized spacial score (nSPS) is 20.9. The van der Waals surface area contributed by atoms with Gasteiger partial charge in [0.2, 0.25) is 0 Å². The third-order valence-corrected chi connectivity index (χ3v) is 8.17. The molecule has 3 N–H and O–H groups in total. The fourth-order valence-corrected chi connectivity index (χ4v) is 6.33. The summed E-state index contributed by atoms with van der Waals surface area (Å²) in [6.45, 7) is 5.41. The van der Waals surface area contributed by atoms with E-state index in [1.54, 1.807) is 6.92 Å². The second-order valence-corrected chi connectivity index (χ2v) is 10.5. The van der Waals surface area contributed by atoms with Crippen molar-refractivity contribution in [3.8, 4) is 0 Å². The molecule has 2 bridgehead atoms. The van der Waals surface area contributed by atoms with Crippen LogP contribution in [-0.4, -0.2) is 30.5 Å². The number of aromatic nitrogens is 1. The number of rotatable bonds is 5. The Bertz CT molecular complexity index is 1210. The number of carbonyl (C=O) groups excluding carboxylic acids is 1. The van der Waals surface area contributed by atoms with Gasteiger partial charge < -0.3 is 16.0 Å². The van der Waals surface area contributed by atoms with Crippen LogP contribution in [0.25, 0.3) is 10.2 Å². The Labute approximate surface area is 196 Å². The summed E-state index contributed by atoms with van der Waals surface area (Å²) in [5.41, 5.74) is 8.01. The van der Waals surface area contributed by atoms with Crippen LogP contribution in [0.2, 0.25) is 0 Å². The number of hydrogen-bond acceptors (Lipinski definition) is 5. The number of carbonyl (C=O) groups is 1. The van der Waals surface area contributed by atoms with E-state index in [-0.39, 0.29) is 18.0 Å². The minimum atomic E-state index is -0.438. The minimum Gasteiger partial charge on any atom is -0.397 e. The molecular weight excluding hydrogens is 442 g/mol. The van der Waals surface area contributed by atoms with Crippen molar-refractivity contribution in [3.05, 3.63) is 52.0 Å². The summed E-state index contributed by atoms with van der Waals surface area (Å²) in [4.78, 5) is 20.3. The molecule has 0 radical (unpaired) electrons. The van der Waals surface area contributed by atoms with Gasteiger partial charge in [-0.1, -0.05) is 6.92 Å². The Morgan fingerprint density at radius 2 is 1.97 bits per heavy atom. The maximum absolute atomic E-state index is 15.0. The van der Waals surface area contributed by atoms with Gasteiger partial charge in [-0.2, -0.15) is 0 Å². The van der Waals surface area contributed by atoms with Crippen molar-refractivity contribution in [2.75, 3.05) is 30.3 Å². The van der Waals surface area contributed by atoms with Crippen molar-refractivity contribution < 1.29 is 13.6 Å². The van der Waals surface area contributed by atoms with Gasteiger partial charge in [-0.25, -0.2) is 13.8 Å². The average Bonchev–Trinajstić information content (AvgIpc) is 3.30. The number of fused-ring (bicyclic) bond motifs is 3. The Kier molecular flexibility index (Phi) is 5.72. The maximum Gasteiger partial charge on any atom is 0.263 e. The fraction of sp³-hybridized carbons (Fsp3) is 0.440. The van der Waals surface area contributed by atoms with Crippen LogP contribution in [0.5, 0.6) is 0 Å². The van der Waals surface area contributed by atoms with Gasteiger partial charge in [0, 0.05) is 42.7 Å². The second kappa shape index (κ2) is 8.56. The molecule has 0 spiro atoms. The predicted octanol–water partition coefficient (Wildman–Crippen LogP) is 5.23. The third-order valence-electron chi connectivity index (χ3n) is 7.05. The number of nitrogens with zero attached hydrogens (tertiary/aromatic N) is 2. The SMILES string of the molecule is Cc1ccc2c(N)c(C(=O)NC[C@H](C)c3cc(F)c(N4CC5CCC(C5)C4)cc3F)sc2n1. The monoisotopic (exact) mass is 470 g/mol. The van der Waals surface area contributed by atoms with E-state index in [0.717, 1.165) is 24.2 Å². The molecule has 1 aliphatic heterocycles. The quantitative estimate of drug-likeness (QED) is 0.535. The van der Waals surface area contributed by atoms with E-state index in [4.69, 9.17) is 5.73 Å². The molecule has 174 valence electrons. The van der Waals surface area contributed by atoms with Crippen molar-refractivity contribution in [3.63, 3.8) is 0 Å². The van der Waals surface area contributed by atoms with Crippen LogP contribution in [0.4, 0.5) is 20.2 Å². The van der Waals surface area contributed by atoms with Crippen LogP contribution in [0, 0.1) is 30.4 Å². The molecular formula is C25H28F2N4OS. The summed E-state index contributed by atoms with van der Waals surface area (Å²) in [7, 11) is 0. The van der Waals surface area contributed by atoms with Gasteiger partial charge in [0.05, 0.1) is 11.4 Å². The number of thiophene rings is 1. The largest absolute Gasteiger partial charge is 0.397 e. The van der Waals surface area contributed by atoms with Gasteiger partial charge in [0.25, 0.3) is 5.91 Å². The fourth-order valence-electron chi connectivity index (χ4n) is 5.27. The lowest BCUT2D eigenvalue weighted by molar-refractivity contribution is 0.0956. The second-order valence-electron chi connectivity index (χ2n) is 9.54. The molecule has 33 heavy (non-hydrogen) atoms. The Hall–Kier alpha value is -2.74. The van der Waals surface area contributed by atoms with Gasteiger partial charge >= 0.3 is 0 Å². The maximum atomic E-state index is 15.0. The first kappa shape index (κ1) is 22.1. The van der Waals surface area contributed by atoms with E-state index in [2.05, 4.69) is 10.3 Å². The summed E-state index contributed by atoms with van der Waals surface area (Å²) in [6.07, 6.45) is 3.57. The van der Waals surface area contributed by atoms with Crippen LogP contribution in [0.3, 0.4) is 0 Å². The highest BCUT2D eigenvalue weighted by Crippen LogP contribution is 2.39. The van der Waals surface area contributed by atoms with Gasteiger partial charge in [-0.05, 0) is 61.8 Å². The lowest BCUT2D eigenvalue weighted by Crippen LogP contribution is -2.37. The first-order valence-electron chi connectivity index (χ1n) is 11.5. The molecule has 3 atom stereocenters. The Balaban J connectivity index is 1.29. The molecule has 5 nitrogen and oxygen atoms in total. The van der Waals surface area contributed by atoms with Crippen LogP contribution in [-0.2, 0) is 0 Å². The van der Waals surface area contributed by atoms with Crippen molar-refractivity contribution in [1.82, 2.24) is 10.3 Å². The highest BCUT2D eigenvalue weighted by atomic mass is 32.1. The first-order chi connectivity index (χ1) is 15.8. The number of anilines is 2. The smallest absolute Gasteiger partial charge is 0.263 e. The zero-order valence-corrected chi connectivity index (χ0v) is 19.6. The van der Waals surface area contributed by atoms with Gasteiger partial charge in [-0.3, -0.25) is 4.79 Å². The summed E-state index contributed by atoms with van der Waals surface area (Å²) in [5, 5.41) is 3.57. The topological polar surface area (TPSA) is 71.2 Å². The van der Waals surface area contributed by atoms with Gasteiger partial charge in [-0.15, -0.1) is 11.3 Å². The van der Waals surface area contributed by atoms with E-state index in [0.29, 0.717) is 32.9 Å². The molecule has 2 aliphatic rings. The zero-order valence-electron chi connectivity index (χ0n) is 18.8. The number of halogens is 2. The van der Waals surface area contributed by atoms with Crippen molar-refractivity contribution in [2.45, 2.75) is 39.0 Å². The summed E-state index contributed by atoms with van der Waals surface area (Å²) >= 11 is 1.23. The van der Waals surface area contributed by atoms with Crippen LogP contribution in [0.1, 0.15) is 53.0 Å². The number of amides is 1. The number of hydrogen-bond donors (Lipinski definition) is 2. The van der Waals surface area contributed by atoms with E-state index < -0.39 is 17.6 Å². The van der Waals surface area contributed by atoms with Gasteiger partial charge in [0.15, 0.2) is 0 Å². The lowest BCUT2D eigenvalue weighted by Gasteiger charge is -2.34. The van der Waals surface area contributed by atoms with Gasteiger partial charge in [0.1, 0.15) is 21.3 Å². The first-order valence-corrected chi connectivity index (χ1v) is 12.3. The van der Waals surface area contributed by atoms with Crippen LogP contribution >= 0.6 is 11.3 Å². The minimum absolute atomic E-state index is 0.169. The molecule has 1 saturated carbocycles. The molecule has 1 saturated heterocycles. The summed E-state index contributed by atoms with van der Waals surface area (Å²) < 4.78 is 30.0. The molecule has 5 rings (SSSR count). The number of piperidine rings is 1. The van der Waals surface area contributed by atoms with Crippen LogP contribution in [0.15, 0.2) is 24.3 Å².